The average molecular weight is 285 g/mol. The summed E-state index contributed by atoms with van der Waals surface area (Å²) in [6, 6.07) is 11.0. The number of hydrogen-bond donors (Lipinski definition) is 0. The van der Waals surface area contributed by atoms with Crippen LogP contribution in [0.5, 0.6) is 0 Å². The standard InChI is InChI=1S/C16H15NS2/c1-10(2)9-17-12-7-8-18-15(12)16-14(17)11-5-3-4-6-13(11)19-16/h3-8,10H,9H2,1-2H3. The second kappa shape index (κ2) is 4.09. The van der Waals surface area contributed by atoms with Gasteiger partial charge in [-0.25, -0.2) is 0 Å². The second-order valence-corrected chi connectivity index (χ2v) is 7.38. The number of aromatic nitrogens is 1. The molecule has 1 aromatic carbocycles. The summed E-state index contributed by atoms with van der Waals surface area (Å²) < 4.78 is 6.84. The molecule has 0 atom stereocenters. The van der Waals surface area contributed by atoms with Gasteiger partial charge in [0.15, 0.2) is 0 Å². The molecule has 0 saturated heterocycles. The number of thiophene rings is 2. The molecule has 0 radical (unpaired) electrons. The van der Waals surface area contributed by atoms with Crippen molar-refractivity contribution in [2.24, 2.45) is 5.92 Å². The minimum atomic E-state index is 0.664. The van der Waals surface area contributed by atoms with Crippen LogP contribution in [0, 0.1) is 5.92 Å². The molecule has 0 aliphatic carbocycles. The molecule has 0 spiro atoms. The summed E-state index contributed by atoms with van der Waals surface area (Å²) in [7, 11) is 0. The van der Waals surface area contributed by atoms with Crippen LogP contribution in [-0.2, 0) is 6.54 Å². The van der Waals surface area contributed by atoms with E-state index in [0.717, 1.165) is 6.54 Å². The van der Waals surface area contributed by atoms with Crippen LogP contribution in [0.3, 0.4) is 0 Å². The third kappa shape index (κ3) is 1.58. The highest BCUT2D eigenvalue weighted by Crippen LogP contribution is 2.42. The van der Waals surface area contributed by atoms with Crippen LogP contribution in [0.2, 0.25) is 0 Å². The number of nitrogens with zero attached hydrogens (tertiary/aromatic N) is 1. The van der Waals surface area contributed by atoms with Crippen LogP contribution in [0.25, 0.3) is 30.5 Å². The highest BCUT2D eigenvalue weighted by Gasteiger charge is 2.17. The van der Waals surface area contributed by atoms with Crippen molar-refractivity contribution in [1.82, 2.24) is 4.57 Å². The summed E-state index contributed by atoms with van der Waals surface area (Å²) in [5, 5.41) is 3.62. The Hall–Kier alpha value is -1.32. The Balaban J connectivity index is 2.20. The van der Waals surface area contributed by atoms with Gasteiger partial charge in [-0.15, -0.1) is 22.7 Å². The number of fused-ring (bicyclic) bond motifs is 5. The predicted molar refractivity (Wildman–Crippen MR) is 87.5 cm³/mol. The first-order valence-corrected chi connectivity index (χ1v) is 8.32. The Morgan fingerprint density at radius 3 is 2.79 bits per heavy atom. The zero-order chi connectivity index (χ0) is 13.0. The monoisotopic (exact) mass is 285 g/mol. The van der Waals surface area contributed by atoms with E-state index in [1.165, 1.54) is 30.5 Å². The van der Waals surface area contributed by atoms with Crippen molar-refractivity contribution in [2.75, 3.05) is 0 Å². The number of hydrogen-bond acceptors (Lipinski definition) is 2. The third-order valence-electron chi connectivity index (χ3n) is 3.53. The summed E-state index contributed by atoms with van der Waals surface area (Å²) in [6.45, 7) is 5.68. The molecule has 3 heteroatoms. The lowest BCUT2D eigenvalue weighted by Gasteiger charge is -2.09. The van der Waals surface area contributed by atoms with Gasteiger partial charge in [-0.1, -0.05) is 32.0 Å². The van der Waals surface area contributed by atoms with Crippen LogP contribution in [0.4, 0.5) is 0 Å². The van der Waals surface area contributed by atoms with Gasteiger partial charge in [0.05, 0.1) is 20.4 Å². The van der Waals surface area contributed by atoms with Gasteiger partial charge < -0.3 is 4.57 Å². The normalized spacial score (nSPS) is 12.4. The third-order valence-corrected chi connectivity index (χ3v) is 5.76. The molecule has 4 rings (SSSR count). The van der Waals surface area contributed by atoms with E-state index in [4.69, 9.17) is 0 Å². The van der Waals surface area contributed by atoms with Crippen LogP contribution in [-0.4, -0.2) is 4.57 Å². The first kappa shape index (κ1) is 11.5. The van der Waals surface area contributed by atoms with Crippen molar-refractivity contribution in [2.45, 2.75) is 20.4 Å². The zero-order valence-corrected chi connectivity index (χ0v) is 12.6. The molecule has 0 unspecified atom stereocenters. The SMILES string of the molecule is CC(C)Cn1c2ccsc2c2sc3ccccc3c21. The lowest BCUT2D eigenvalue weighted by molar-refractivity contribution is 0.546. The van der Waals surface area contributed by atoms with Gasteiger partial charge in [-0.05, 0) is 23.4 Å². The summed E-state index contributed by atoms with van der Waals surface area (Å²) >= 11 is 3.80. The smallest absolute Gasteiger partial charge is 0.0713 e. The molecular weight excluding hydrogens is 270 g/mol. The Kier molecular flexibility index (Phi) is 2.47. The Bertz CT molecular complexity index is 876. The molecule has 0 aliphatic rings. The first-order chi connectivity index (χ1) is 9.25. The Labute approximate surface area is 120 Å². The van der Waals surface area contributed by atoms with E-state index in [1.54, 1.807) is 0 Å². The van der Waals surface area contributed by atoms with Gasteiger partial charge in [0.25, 0.3) is 0 Å². The van der Waals surface area contributed by atoms with Crippen molar-refractivity contribution in [1.29, 1.82) is 0 Å². The van der Waals surface area contributed by atoms with Crippen molar-refractivity contribution >= 4 is 53.2 Å². The van der Waals surface area contributed by atoms with Gasteiger partial charge >= 0.3 is 0 Å². The van der Waals surface area contributed by atoms with Crippen molar-refractivity contribution in [3.8, 4) is 0 Å². The fourth-order valence-corrected chi connectivity index (χ4v) is 5.07. The molecule has 96 valence electrons. The van der Waals surface area contributed by atoms with E-state index in [-0.39, 0.29) is 0 Å². The molecule has 1 nitrogen and oxygen atoms in total. The molecule has 3 heterocycles. The molecule has 4 aromatic rings. The fraction of sp³-hybridized carbons (Fsp3) is 0.250. The first-order valence-electron chi connectivity index (χ1n) is 6.62. The van der Waals surface area contributed by atoms with Gasteiger partial charge in [-0.2, -0.15) is 0 Å². The number of benzene rings is 1. The summed E-state index contributed by atoms with van der Waals surface area (Å²) in [6.07, 6.45) is 0. The van der Waals surface area contributed by atoms with E-state index < -0.39 is 0 Å². The quantitative estimate of drug-likeness (QED) is 0.443. The largest absolute Gasteiger partial charge is 0.338 e. The topological polar surface area (TPSA) is 4.93 Å². The maximum absolute atomic E-state index is 2.52. The maximum Gasteiger partial charge on any atom is 0.0713 e. The van der Waals surface area contributed by atoms with Crippen molar-refractivity contribution in [3.05, 3.63) is 35.7 Å². The van der Waals surface area contributed by atoms with Crippen LogP contribution in [0.15, 0.2) is 35.7 Å². The van der Waals surface area contributed by atoms with Gasteiger partial charge in [0.1, 0.15) is 0 Å². The van der Waals surface area contributed by atoms with E-state index in [1.807, 2.05) is 22.7 Å². The molecule has 19 heavy (non-hydrogen) atoms. The number of rotatable bonds is 2. The molecule has 0 fully saturated rings. The Morgan fingerprint density at radius 2 is 1.95 bits per heavy atom. The summed E-state index contributed by atoms with van der Waals surface area (Å²) in [5.41, 5.74) is 2.85. The summed E-state index contributed by atoms with van der Waals surface area (Å²) in [5.74, 6) is 0.664. The highest BCUT2D eigenvalue weighted by molar-refractivity contribution is 7.30. The Morgan fingerprint density at radius 1 is 1.11 bits per heavy atom. The predicted octanol–water partition coefficient (Wildman–Crippen LogP) is 5.73. The average Bonchev–Trinajstić information content (AvgIpc) is 3.03. The molecule has 0 bridgehead atoms. The summed E-state index contributed by atoms with van der Waals surface area (Å²) in [4.78, 5) is 0. The molecule has 0 N–H and O–H groups in total. The highest BCUT2D eigenvalue weighted by atomic mass is 32.1. The van der Waals surface area contributed by atoms with E-state index >= 15 is 0 Å². The van der Waals surface area contributed by atoms with E-state index in [9.17, 15) is 0 Å². The van der Waals surface area contributed by atoms with Gasteiger partial charge in [0.2, 0.25) is 0 Å². The lowest BCUT2D eigenvalue weighted by Crippen LogP contribution is -2.03. The minimum absolute atomic E-state index is 0.664. The molecule has 0 saturated carbocycles. The van der Waals surface area contributed by atoms with Gasteiger partial charge in [0, 0.05) is 16.6 Å². The molecule has 0 amide bonds. The van der Waals surface area contributed by atoms with E-state index in [2.05, 4.69) is 54.1 Å². The van der Waals surface area contributed by atoms with Gasteiger partial charge in [-0.3, -0.25) is 0 Å². The van der Waals surface area contributed by atoms with Crippen molar-refractivity contribution in [3.63, 3.8) is 0 Å². The molecular formula is C16H15NS2. The van der Waals surface area contributed by atoms with Crippen LogP contribution in [0.1, 0.15) is 13.8 Å². The fourth-order valence-electron chi connectivity index (χ4n) is 2.81. The molecule has 3 aromatic heterocycles. The van der Waals surface area contributed by atoms with Crippen molar-refractivity contribution < 1.29 is 0 Å². The zero-order valence-electron chi connectivity index (χ0n) is 11.0. The minimum Gasteiger partial charge on any atom is -0.338 e. The van der Waals surface area contributed by atoms with Crippen LogP contribution < -0.4 is 0 Å². The maximum atomic E-state index is 2.52. The van der Waals surface area contributed by atoms with E-state index in [0.29, 0.717) is 5.92 Å². The van der Waals surface area contributed by atoms with Crippen LogP contribution >= 0.6 is 22.7 Å². The lowest BCUT2D eigenvalue weighted by atomic mass is 10.2. The molecule has 0 aliphatic heterocycles. The second-order valence-electron chi connectivity index (χ2n) is 5.42.